The number of carbonyl (C=O) groups excluding carboxylic acids is 2. The molecule has 3 heterocycles. The first-order valence-electron chi connectivity index (χ1n) is 14.3. The molecular formula is C32H40N4O3S. The Morgan fingerprint density at radius 3 is 2.60 bits per heavy atom. The van der Waals surface area contributed by atoms with Gasteiger partial charge < -0.3 is 24.8 Å². The Morgan fingerprint density at radius 1 is 1.07 bits per heavy atom. The summed E-state index contributed by atoms with van der Waals surface area (Å²) < 4.78 is 6.62. The summed E-state index contributed by atoms with van der Waals surface area (Å²) in [6.45, 7) is 10.6. The van der Waals surface area contributed by atoms with Gasteiger partial charge in [-0.25, -0.2) is 4.79 Å². The van der Waals surface area contributed by atoms with Crippen LogP contribution < -0.4 is 10.2 Å². The number of H-pyrrole nitrogens is 1. The Morgan fingerprint density at radius 2 is 1.85 bits per heavy atom. The third-order valence-electron chi connectivity index (χ3n) is 7.41. The van der Waals surface area contributed by atoms with E-state index < -0.39 is 5.60 Å². The zero-order chi connectivity index (χ0) is 28.3. The van der Waals surface area contributed by atoms with E-state index in [1.165, 1.54) is 10.9 Å². The molecule has 212 valence electrons. The van der Waals surface area contributed by atoms with Gasteiger partial charge in [0.15, 0.2) is 0 Å². The zero-order valence-electron chi connectivity index (χ0n) is 24.0. The number of thiophene rings is 1. The number of ether oxygens (including phenoxy) is 1. The van der Waals surface area contributed by atoms with Crippen molar-refractivity contribution in [2.24, 2.45) is 0 Å². The van der Waals surface area contributed by atoms with Gasteiger partial charge in [-0.1, -0.05) is 44.0 Å². The van der Waals surface area contributed by atoms with Crippen LogP contribution in [0, 0.1) is 0 Å². The van der Waals surface area contributed by atoms with E-state index in [1.54, 1.807) is 16.2 Å². The monoisotopic (exact) mass is 560 g/mol. The van der Waals surface area contributed by atoms with Crippen LogP contribution in [0.15, 0.2) is 54.7 Å². The number of amides is 2. The van der Waals surface area contributed by atoms with E-state index in [1.807, 2.05) is 32.9 Å². The van der Waals surface area contributed by atoms with Gasteiger partial charge in [0.25, 0.3) is 5.91 Å². The molecule has 8 heteroatoms. The second-order valence-electron chi connectivity index (χ2n) is 11.7. The first-order valence-corrected chi connectivity index (χ1v) is 15.1. The predicted molar refractivity (Wildman–Crippen MR) is 165 cm³/mol. The minimum absolute atomic E-state index is 0.00494. The van der Waals surface area contributed by atoms with Crippen LogP contribution in [0.1, 0.15) is 62.2 Å². The van der Waals surface area contributed by atoms with Gasteiger partial charge in [0.2, 0.25) is 0 Å². The maximum atomic E-state index is 13.4. The molecule has 1 fully saturated rings. The number of para-hydroxylation sites is 1. The SMILES string of the molecule is CCCCC(Cc1c[nH]c2ccccc12)NC(=O)c1cc2ccc(N3CCN(C(=O)OC(C)(C)C)CC3)cc2s1. The molecule has 0 spiro atoms. The molecule has 1 aliphatic rings. The molecule has 0 radical (unpaired) electrons. The number of fused-ring (bicyclic) bond motifs is 2. The van der Waals surface area contributed by atoms with Crippen molar-refractivity contribution in [3.63, 3.8) is 0 Å². The Kier molecular flexibility index (Phi) is 8.35. The summed E-state index contributed by atoms with van der Waals surface area (Å²) in [5, 5.41) is 5.64. The summed E-state index contributed by atoms with van der Waals surface area (Å²) in [7, 11) is 0. The van der Waals surface area contributed by atoms with Gasteiger partial charge in [-0.05, 0) is 68.8 Å². The fraction of sp³-hybridized carbons (Fsp3) is 0.438. The number of hydrogen-bond acceptors (Lipinski definition) is 5. The number of carbonyl (C=O) groups is 2. The fourth-order valence-corrected chi connectivity index (χ4v) is 6.30. The van der Waals surface area contributed by atoms with Crippen LogP contribution in [-0.4, -0.2) is 59.7 Å². The van der Waals surface area contributed by atoms with Crippen LogP contribution in [0.4, 0.5) is 10.5 Å². The quantitative estimate of drug-likeness (QED) is 0.244. The standard InChI is InChI=1S/C32H40N4O3S/c1-5-6-9-24(18-23-21-33-27-11-8-7-10-26(23)27)34-30(37)29-19-22-12-13-25(20-28(22)40-29)35-14-16-36(17-15-35)31(38)39-32(2,3)4/h7-8,10-13,19-21,24,33H,5-6,9,14-18H2,1-4H3,(H,34,37). The highest BCUT2D eigenvalue weighted by Gasteiger charge is 2.26. The largest absolute Gasteiger partial charge is 0.444 e. The number of aromatic nitrogens is 1. The smallest absolute Gasteiger partial charge is 0.410 e. The molecule has 4 aromatic rings. The highest BCUT2D eigenvalue weighted by molar-refractivity contribution is 7.20. The van der Waals surface area contributed by atoms with Crippen molar-refractivity contribution >= 4 is 50.0 Å². The number of piperazine rings is 1. The molecule has 1 saturated heterocycles. The number of nitrogens with one attached hydrogen (secondary N) is 2. The van der Waals surface area contributed by atoms with E-state index >= 15 is 0 Å². The summed E-state index contributed by atoms with van der Waals surface area (Å²) in [5.41, 5.74) is 2.99. The molecular weight excluding hydrogens is 520 g/mol. The van der Waals surface area contributed by atoms with Crippen molar-refractivity contribution in [3.05, 3.63) is 65.2 Å². The van der Waals surface area contributed by atoms with Crippen molar-refractivity contribution in [2.75, 3.05) is 31.1 Å². The molecule has 0 saturated carbocycles. The first kappa shape index (κ1) is 28.0. The number of unbranched alkanes of at least 4 members (excludes halogenated alkanes) is 1. The Bertz CT molecular complexity index is 1480. The molecule has 1 unspecified atom stereocenters. The van der Waals surface area contributed by atoms with E-state index in [-0.39, 0.29) is 18.0 Å². The van der Waals surface area contributed by atoms with Gasteiger partial charge in [0.05, 0.1) is 4.88 Å². The van der Waals surface area contributed by atoms with E-state index in [2.05, 4.69) is 64.7 Å². The van der Waals surface area contributed by atoms with E-state index in [9.17, 15) is 9.59 Å². The molecule has 7 nitrogen and oxygen atoms in total. The van der Waals surface area contributed by atoms with Gasteiger partial charge >= 0.3 is 6.09 Å². The Balaban J connectivity index is 1.24. The summed E-state index contributed by atoms with van der Waals surface area (Å²) in [6, 6.07) is 16.8. The first-order chi connectivity index (χ1) is 19.2. The average Bonchev–Trinajstić information content (AvgIpc) is 3.55. The number of benzene rings is 2. The second-order valence-corrected chi connectivity index (χ2v) is 12.7. The molecule has 1 atom stereocenters. The molecule has 2 aromatic heterocycles. The van der Waals surface area contributed by atoms with Crippen molar-refractivity contribution < 1.29 is 14.3 Å². The van der Waals surface area contributed by atoms with Gasteiger partial charge in [0, 0.05) is 59.7 Å². The lowest BCUT2D eigenvalue weighted by molar-refractivity contribution is 0.0240. The molecule has 2 aromatic carbocycles. The number of anilines is 1. The average molecular weight is 561 g/mol. The molecule has 0 bridgehead atoms. The maximum Gasteiger partial charge on any atom is 0.410 e. The second kappa shape index (κ2) is 11.9. The summed E-state index contributed by atoms with van der Waals surface area (Å²) in [4.78, 5) is 34.0. The highest BCUT2D eigenvalue weighted by Crippen LogP contribution is 2.31. The third-order valence-corrected chi connectivity index (χ3v) is 8.50. The van der Waals surface area contributed by atoms with Crippen LogP contribution in [0.2, 0.25) is 0 Å². The lowest BCUT2D eigenvalue weighted by Crippen LogP contribution is -2.50. The molecule has 2 amide bonds. The van der Waals surface area contributed by atoms with E-state index in [0.717, 1.165) is 64.9 Å². The number of aromatic amines is 1. The Hall–Kier alpha value is -3.52. The molecule has 1 aliphatic heterocycles. The van der Waals surface area contributed by atoms with Gasteiger partial charge in [-0.3, -0.25) is 4.79 Å². The molecule has 2 N–H and O–H groups in total. The number of hydrogen-bond donors (Lipinski definition) is 2. The summed E-state index contributed by atoms with van der Waals surface area (Å²) in [5.74, 6) is -0.00494. The van der Waals surface area contributed by atoms with Gasteiger partial charge in [-0.15, -0.1) is 11.3 Å². The van der Waals surface area contributed by atoms with Gasteiger partial charge in [-0.2, -0.15) is 0 Å². The lowest BCUT2D eigenvalue weighted by atomic mass is 10.0. The predicted octanol–water partition coefficient (Wildman–Crippen LogP) is 6.97. The molecule has 40 heavy (non-hydrogen) atoms. The maximum absolute atomic E-state index is 13.4. The van der Waals surface area contributed by atoms with Crippen molar-refractivity contribution in [2.45, 2.75) is 65.0 Å². The Labute approximate surface area is 240 Å². The normalized spacial score (nSPS) is 15.0. The third kappa shape index (κ3) is 6.61. The molecule has 5 rings (SSSR count). The van der Waals surface area contributed by atoms with Crippen LogP contribution in [-0.2, 0) is 11.2 Å². The van der Waals surface area contributed by atoms with Gasteiger partial charge in [0.1, 0.15) is 5.60 Å². The minimum Gasteiger partial charge on any atom is -0.444 e. The van der Waals surface area contributed by atoms with Crippen LogP contribution in [0.25, 0.3) is 21.0 Å². The van der Waals surface area contributed by atoms with Crippen molar-refractivity contribution in [1.29, 1.82) is 0 Å². The highest BCUT2D eigenvalue weighted by atomic mass is 32.1. The van der Waals surface area contributed by atoms with Crippen molar-refractivity contribution in [3.8, 4) is 0 Å². The fourth-order valence-electron chi connectivity index (χ4n) is 5.30. The summed E-state index contributed by atoms with van der Waals surface area (Å²) >= 11 is 1.54. The lowest BCUT2D eigenvalue weighted by Gasteiger charge is -2.36. The van der Waals surface area contributed by atoms with E-state index in [0.29, 0.717) is 13.1 Å². The number of nitrogens with zero attached hydrogens (tertiary/aromatic N) is 2. The zero-order valence-corrected chi connectivity index (χ0v) is 24.8. The van der Waals surface area contributed by atoms with Crippen molar-refractivity contribution in [1.82, 2.24) is 15.2 Å². The van der Waals surface area contributed by atoms with E-state index in [4.69, 9.17) is 4.74 Å². The molecule has 0 aliphatic carbocycles. The van der Waals surface area contributed by atoms with Crippen LogP contribution >= 0.6 is 11.3 Å². The van der Waals surface area contributed by atoms with Crippen LogP contribution in [0.3, 0.4) is 0 Å². The van der Waals surface area contributed by atoms with Crippen LogP contribution in [0.5, 0.6) is 0 Å². The summed E-state index contributed by atoms with van der Waals surface area (Å²) in [6.07, 6.45) is 5.75. The topological polar surface area (TPSA) is 77.7 Å². The number of rotatable bonds is 8. The minimum atomic E-state index is -0.491.